The van der Waals surface area contributed by atoms with Gasteiger partial charge in [-0.05, 0) is 25.0 Å². The zero-order valence-corrected chi connectivity index (χ0v) is 21.6. The van der Waals surface area contributed by atoms with Gasteiger partial charge >= 0.3 is 30.8 Å². The molecule has 0 bridgehead atoms. The average molecular weight is 725 g/mol. The second kappa shape index (κ2) is 20.2. The first-order valence-corrected chi connectivity index (χ1v) is 9.14. The van der Waals surface area contributed by atoms with Crippen LogP contribution in [0.3, 0.4) is 0 Å². The van der Waals surface area contributed by atoms with Crippen molar-refractivity contribution in [3.8, 4) is 0 Å². The molecule has 15 N–H and O–H groups in total. The van der Waals surface area contributed by atoms with Crippen LogP contribution in [0.15, 0.2) is 18.5 Å². The van der Waals surface area contributed by atoms with Crippen molar-refractivity contribution in [2.75, 3.05) is 0 Å². The number of hydrogen-bond donors (Lipinski definition) is 5. The van der Waals surface area contributed by atoms with E-state index in [4.69, 9.17) is 25.9 Å². The first-order chi connectivity index (χ1) is 11.7. The predicted molar refractivity (Wildman–Crippen MR) is 101 cm³/mol. The van der Waals surface area contributed by atoms with Crippen LogP contribution in [-0.2, 0) is 58.3 Å². The SMILES string of the molecule is CC(=O)CCc1ccn(C)c1.N.N.N.N.N.O=S(=O)([O-])C(F)(F)F.O=S(=O)([O-])C(F)(F)F.[Os+2]. The van der Waals surface area contributed by atoms with E-state index < -0.39 is 31.3 Å². The van der Waals surface area contributed by atoms with E-state index in [0.29, 0.717) is 6.42 Å². The van der Waals surface area contributed by atoms with E-state index in [1.54, 1.807) is 6.92 Å². The molecule has 13 nitrogen and oxygen atoms in total. The Morgan fingerprint density at radius 1 is 0.879 bits per heavy atom. The van der Waals surface area contributed by atoms with Crippen molar-refractivity contribution in [2.24, 2.45) is 7.05 Å². The zero-order chi connectivity index (χ0) is 22.3. The summed E-state index contributed by atoms with van der Waals surface area (Å²) in [6.07, 6.45) is 5.57. The number of carbonyl (C=O) groups excluding carboxylic acids is 1. The molecule has 1 aromatic heterocycles. The summed E-state index contributed by atoms with van der Waals surface area (Å²) in [5.41, 5.74) is -10.1. The number of alkyl halides is 6. The summed E-state index contributed by atoms with van der Waals surface area (Å²) in [5.74, 6) is 0.258. The minimum atomic E-state index is -6.09. The Morgan fingerprint density at radius 2 is 1.15 bits per heavy atom. The first kappa shape index (κ1) is 53.2. The molecule has 0 saturated heterocycles. The number of Topliss-reactive ketones (excluding diaryl/α,β-unsaturated/α-hetero) is 1. The van der Waals surface area contributed by atoms with Crippen LogP contribution in [-0.4, -0.2) is 47.3 Å². The van der Waals surface area contributed by atoms with Gasteiger partial charge in [-0.2, -0.15) is 26.3 Å². The molecule has 0 radical (unpaired) electrons. The third-order valence-corrected chi connectivity index (χ3v) is 3.36. The molecule has 0 aromatic carbocycles. The number of aromatic nitrogens is 1. The molecule has 1 heterocycles. The molecule has 0 aliphatic heterocycles. The van der Waals surface area contributed by atoms with Crippen LogP contribution < -0.4 is 30.8 Å². The second-order valence-corrected chi connectivity index (χ2v) is 7.43. The number of hydrogen-bond acceptors (Lipinski definition) is 12. The molecule has 206 valence electrons. The van der Waals surface area contributed by atoms with Gasteiger partial charge in [0.05, 0.1) is 0 Å². The van der Waals surface area contributed by atoms with E-state index in [1.165, 1.54) is 5.56 Å². The molecule has 22 heteroatoms. The fourth-order valence-electron chi connectivity index (χ4n) is 1.03. The molecule has 0 aliphatic carbocycles. The average Bonchev–Trinajstić information content (AvgIpc) is 2.79. The van der Waals surface area contributed by atoms with E-state index in [1.807, 2.05) is 30.1 Å². The van der Waals surface area contributed by atoms with Crippen molar-refractivity contribution in [1.29, 1.82) is 0 Å². The minimum Gasteiger partial charge on any atom is -0.741 e. The topological polar surface area (TPSA) is 311 Å². The maximum absolute atomic E-state index is 10.7. The van der Waals surface area contributed by atoms with Crippen molar-refractivity contribution in [1.82, 2.24) is 35.3 Å². The summed E-state index contributed by atoms with van der Waals surface area (Å²) in [5, 5.41) is 0. The van der Waals surface area contributed by atoms with Crippen LogP contribution >= 0.6 is 0 Å². The fraction of sp³-hybridized carbons (Fsp3) is 0.545. The zero-order valence-electron chi connectivity index (χ0n) is 17.4. The number of nitrogens with zero attached hydrogens (tertiary/aromatic N) is 1. The molecule has 1 aromatic rings. The molecule has 0 aliphatic rings. The molecule has 1 rings (SSSR count). The van der Waals surface area contributed by atoms with Crippen molar-refractivity contribution in [3.63, 3.8) is 0 Å². The first-order valence-electron chi connectivity index (χ1n) is 6.33. The standard InChI is InChI=1S/C9H13NO.2CHF3O3S.5H3N.Os/c1-8(11)3-4-9-5-6-10(2)7-9;2*2-1(3,4)8(5,6)7;;;;;;/h5-7H,3-4H2,1-2H3;2*(H,5,6,7);5*1H3;/q;;;;;;;;+2/p-2. The van der Waals surface area contributed by atoms with Gasteiger partial charge in [-0.3, -0.25) is 0 Å². The molecule has 0 spiro atoms. The van der Waals surface area contributed by atoms with E-state index in [-0.39, 0.29) is 56.3 Å². The van der Waals surface area contributed by atoms with E-state index in [9.17, 15) is 31.1 Å². The van der Waals surface area contributed by atoms with E-state index in [2.05, 4.69) is 0 Å². The Bertz CT molecular complexity index is 790. The van der Waals surface area contributed by atoms with Crippen LogP contribution in [0.2, 0.25) is 0 Å². The maximum atomic E-state index is 10.7. The number of ketones is 1. The summed E-state index contributed by atoms with van der Waals surface area (Å²) in [7, 11) is -10.2. The summed E-state index contributed by atoms with van der Waals surface area (Å²) in [6.45, 7) is 1.63. The quantitative estimate of drug-likeness (QED) is 0.171. The van der Waals surface area contributed by atoms with Gasteiger partial charge in [-0.1, -0.05) is 0 Å². The molecule has 0 amide bonds. The molecule has 0 atom stereocenters. The van der Waals surface area contributed by atoms with Gasteiger partial charge in [0.25, 0.3) is 0 Å². The van der Waals surface area contributed by atoms with Gasteiger partial charge in [-0.15, -0.1) is 0 Å². The second-order valence-electron chi connectivity index (χ2n) is 4.69. The predicted octanol–water partition coefficient (Wildman–Crippen LogP) is 2.46. The monoisotopic (exact) mass is 726 g/mol. The van der Waals surface area contributed by atoms with Crippen LogP contribution in [0.4, 0.5) is 26.3 Å². The normalized spacial score (nSPS) is 10.1. The fourth-order valence-corrected chi connectivity index (χ4v) is 1.03. The Balaban J connectivity index is -0.0000000442. The number of halogens is 6. The number of aryl methyl sites for hydroxylation is 2. The van der Waals surface area contributed by atoms with Crippen LogP contribution in [0.5, 0.6) is 0 Å². The summed E-state index contributed by atoms with van der Waals surface area (Å²) >= 11 is 0. The van der Waals surface area contributed by atoms with Gasteiger partial charge in [-0.25, -0.2) is 16.8 Å². The van der Waals surface area contributed by atoms with Gasteiger partial charge in [0.1, 0.15) is 5.78 Å². The van der Waals surface area contributed by atoms with Crippen molar-refractivity contribution in [2.45, 2.75) is 30.8 Å². The third kappa shape index (κ3) is 26.9. The Kier molecular flexibility index (Phi) is 32.6. The van der Waals surface area contributed by atoms with E-state index in [0.717, 1.165) is 6.42 Å². The summed E-state index contributed by atoms with van der Waals surface area (Å²) in [6, 6.07) is 2.04. The third-order valence-electron chi connectivity index (χ3n) is 2.23. The largest absolute Gasteiger partial charge is 2.00 e. The smallest absolute Gasteiger partial charge is 0.741 e. The Labute approximate surface area is 200 Å². The van der Waals surface area contributed by atoms with Crippen LogP contribution in [0, 0.1) is 0 Å². The number of carbonyl (C=O) groups is 1. The molecule has 0 unspecified atom stereocenters. The molecule has 0 saturated carbocycles. The van der Waals surface area contributed by atoms with E-state index >= 15 is 0 Å². The van der Waals surface area contributed by atoms with Gasteiger partial charge in [0.15, 0.2) is 20.2 Å². The maximum Gasteiger partial charge on any atom is 2.00 e. The van der Waals surface area contributed by atoms with Gasteiger partial charge < -0.3 is 49.2 Å². The Morgan fingerprint density at radius 3 is 1.30 bits per heavy atom. The molecule has 0 fully saturated rings. The van der Waals surface area contributed by atoms with Crippen LogP contribution in [0.1, 0.15) is 18.9 Å². The van der Waals surface area contributed by atoms with Crippen molar-refractivity contribution < 1.29 is 76.9 Å². The number of rotatable bonds is 3. The molecule has 33 heavy (non-hydrogen) atoms. The molecular weight excluding hydrogens is 697 g/mol. The molecular formula is C11H28F6N6O7OsS2. The summed E-state index contributed by atoms with van der Waals surface area (Å²) in [4.78, 5) is 10.6. The van der Waals surface area contributed by atoms with Gasteiger partial charge in [0, 0.05) is 25.9 Å². The minimum absolute atomic E-state index is 0. The van der Waals surface area contributed by atoms with Gasteiger partial charge in [0.2, 0.25) is 0 Å². The van der Waals surface area contributed by atoms with Crippen molar-refractivity contribution in [3.05, 3.63) is 24.0 Å². The Hall–Kier alpha value is -1.21. The van der Waals surface area contributed by atoms with Crippen LogP contribution in [0.25, 0.3) is 0 Å². The van der Waals surface area contributed by atoms with Crippen molar-refractivity contribution >= 4 is 26.0 Å². The summed E-state index contributed by atoms with van der Waals surface area (Å²) < 4.78 is 120.